The number of hydrogen-bond acceptors (Lipinski definition) is 2. The van der Waals surface area contributed by atoms with Crippen molar-refractivity contribution in [2.45, 2.75) is 6.92 Å². The van der Waals surface area contributed by atoms with Gasteiger partial charge in [0.25, 0.3) is 0 Å². The fourth-order valence-corrected chi connectivity index (χ4v) is 1.61. The molecule has 0 atom stereocenters. The molecule has 2 aromatic rings. The van der Waals surface area contributed by atoms with E-state index in [9.17, 15) is 8.78 Å². The van der Waals surface area contributed by atoms with Crippen LogP contribution in [0, 0.1) is 18.6 Å². The van der Waals surface area contributed by atoms with Crippen molar-refractivity contribution in [2.24, 2.45) is 0 Å². The van der Waals surface area contributed by atoms with E-state index in [1.54, 1.807) is 13.0 Å². The summed E-state index contributed by atoms with van der Waals surface area (Å²) in [5, 5.41) is -0.0872. The molecular weight excluding hydrogens is 260 g/mol. The summed E-state index contributed by atoms with van der Waals surface area (Å²) in [7, 11) is 0. The fraction of sp³-hybridized carbons (Fsp3) is 0.0769. The molecule has 0 aliphatic heterocycles. The van der Waals surface area contributed by atoms with Crippen molar-refractivity contribution in [1.82, 2.24) is 0 Å². The summed E-state index contributed by atoms with van der Waals surface area (Å²) in [6, 6.07) is 6.41. The molecule has 2 N–H and O–H groups in total. The van der Waals surface area contributed by atoms with Gasteiger partial charge in [-0.05, 0) is 24.6 Å². The largest absolute Gasteiger partial charge is 0.455 e. The van der Waals surface area contributed by atoms with Crippen LogP contribution in [0.15, 0.2) is 30.3 Å². The lowest BCUT2D eigenvalue weighted by molar-refractivity contribution is 0.470. The minimum absolute atomic E-state index is 0.0872. The van der Waals surface area contributed by atoms with Crippen molar-refractivity contribution in [1.29, 1.82) is 0 Å². The first-order chi connectivity index (χ1) is 8.47. The summed E-state index contributed by atoms with van der Waals surface area (Å²) in [4.78, 5) is 0. The number of nitrogens with two attached hydrogens (primary N) is 1. The van der Waals surface area contributed by atoms with Gasteiger partial charge in [0, 0.05) is 12.1 Å². The Balaban J connectivity index is 2.40. The number of halogens is 3. The van der Waals surface area contributed by atoms with Crippen molar-refractivity contribution >= 4 is 17.3 Å². The molecule has 0 bridgehead atoms. The Bertz CT molecular complexity index is 602. The van der Waals surface area contributed by atoms with Crippen molar-refractivity contribution in [2.75, 3.05) is 5.73 Å². The minimum Gasteiger partial charge on any atom is -0.455 e. The van der Waals surface area contributed by atoms with E-state index in [0.717, 1.165) is 6.07 Å². The monoisotopic (exact) mass is 269 g/mol. The van der Waals surface area contributed by atoms with Crippen LogP contribution in [0.4, 0.5) is 14.5 Å². The second-order valence-electron chi connectivity index (χ2n) is 3.82. The Morgan fingerprint density at radius 1 is 1.11 bits per heavy atom. The highest BCUT2D eigenvalue weighted by Crippen LogP contribution is 2.33. The Kier molecular flexibility index (Phi) is 3.39. The molecule has 0 aliphatic carbocycles. The van der Waals surface area contributed by atoms with Crippen LogP contribution in [0.1, 0.15) is 5.56 Å². The van der Waals surface area contributed by atoms with Crippen LogP contribution in [0.5, 0.6) is 11.5 Å². The average Bonchev–Trinajstić information content (AvgIpc) is 2.30. The highest BCUT2D eigenvalue weighted by molar-refractivity contribution is 6.31. The number of aryl methyl sites for hydroxylation is 1. The molecule has 0 aliphatic rings. The smallest absolute Gasteiger partial charge is 0.153 e. The van der Waals surface area contributed by atoms with E-state index < -0.39 is 11.6 Å². The van der Waals surface area contributed by atoms with Gasteiger partial charge >= 0.3 is 0 Å². The Morgan fingerprint density at radius 2 is 1.83 bits per heavy atom. The van der Waals surface area contributed by atoms with Gasteiger partial charge in [-0.3, -0.25) is 0 Å². The van der Waals surface area contributed by atoms with E-state index in [-0.39, 0.29) is 22.2 Å². The van der Waals surface area contributed by atoms with Crippen molar-refractivity contribution in [3.05, 3.63) is 52.6 Å². The Labute approximate surface area is 108 Å². The summed E-state index contributed by atoms with van der Waals surface area (Å²) in [5.74, 6) is -0.701. The van der Waals surface area contributed by atoms with E-state index in [4.69, 9.17) is 22.1 Å². The number of anilines is 1. The van der Waals surface area contributed by atoms with Crippen LogP contribution in [0.2, 0.25) is 5.02 Å². The third-order valence-corrected chi connectivity index (χ3v) is 2.71. The maximum Gasteiger partial charge on any atom is 0.153 e. The zero-order valence-electron chi connectivity index (χ0n) is 9.51. The van der Waals surface area contributed by atoms with Gasteiger partial charge in [-0.1, -0.05) is 17.7 Å². The van der Waals surface area contributed by atoms with Crippen LogP contribution in [-0.2, 0) is 0 Å². The molecular formula is C13H10ClF2NO. The normalized spacial score (nSPS) is 10.4. The molecule has 2 nitrogen and oxygen atoms in total. The van der Waals surface area contributed by atoms with Gasteiger partial charge < -0.3 is 10.5 Å². The second-order valence-corrected chi connectivity index (χ2v) is 4.22. The van der Waals surface area contributed by atoms with Crippen LogP contribution in [-0.4, -0.2) is 0 Å². The number of ether oxygens (including phenoxy) is 1. The van der Waals surface area contributed by atoms with E-state index in [2.05, 4.69) is 0 Å². The number of benzene rings is 2. The van der Waals surface area contributed by atoms with Gasteiger partial charge in [0.1, 0.15) is 17.4 Å². The summed E-state index contributed by atoms with van der Waals surface area (Å²) >= 11 is 5.57. The molecule has 0 heterocycles. The van der Waals surface area contributed by atoms with E-state index in [1.807, 2.05) is 0 Å². The van der Waals surface area contributed by atoms with E-state index in [1.165, 1.54) is 18.2 Å². The SMILES string of the molecule is Cc1ccc(F)cc1Oc1cc(F)c(Cl)cc1N. The lowest BCUT2D eigenvalue weighted by atomic mass is 10.2. The molecule has 0 aromatic heterocycles. The minimum atomic E-state index is -0.644. The van der Waals surface area contributed by atoms with Crippen LogP contribution < -0.4 is 10.5 Å². The van der Waals surface area contributed by atoms with Gasteiger partial charge in [-0.2, -0.15) is 0 Å². The first-order valence-corrected chi connectivity index (χ1v) is 5.53. The second kappa shape index (κ2) is 4.82. The van der Waals surface area contributed by atoms with Crippen molar-refractivity contribution < 1.29 is 13.5 Å². The van der Waals surface area contributed by atoms with Gasteiger partial charge in [0.15, 0.2) is 5.75 Å². The highest BCUT2D eigenvalue weighted by atomic mass is 35.5. The molecule has 0 saturated heterocycles. The summed E-state index contributed by atoms with van der Waals surface area (Å²) in [6.07, 6.45) is 0. The predicted molar refractivity (Wildman–Crippen MR) is 67.0 cm³/mol. The summed E-state index contributed by atoms with van der Waals surface area (Å²) in [5.41, 5.74) is 6.56. The zero-order valence-corrected chi connectivity index (χ0v) is 10.3. The van der Waals surface area contributed by atoms with Gasteiger partial charge in [0.2, 0.25) is 0 Å². The quantitative estimate of drug-likeness (QED) is 0.825. The molecule has 18 heavy (non-hydrogen) atoms. The maximum absolute atomic E-state index is 13.3. The molecule has 5 heteroatoms. The zero-order chi connectivity index (χ0) is 13.3. The Hall–Kier alpha value is -1.81. The summed E-state index contributed by atoms with van der Waals surface area (Å²) < 4.78 is 31.8. The molecule has 2 aromatic carbocycles. The Morgan fingerprint density at radius 3 is 2.56 bits per heavy atom. The predicted octanol–water partition coefficient (Wildman–Crippen LogP) is 4.30. The molecule has 0 spiro atoms. The van der Waals surface area contributed by atoms with Gasteiger partial charge in [-0.25, -0.2) is 8.78 Å². The van der Waals surface area contributed by atoms with E-state index >= 15 is 0 Å². The first kappa shape index (κ1) is 12.6. The lowest BCUT2D eigenvalue weighted by Crippen LogP contribution is -1.95. The number of hydrogen-bond donors (Lipinski definition) is 1. The molecule has 94 valence electrons. The van der Waals surface area contributed by atoms with Crippen LogP contribution in [0.25, 0.3) is 0 Å². The third kappa shape index (κ3) is 2.54. The maximum atomic E-state index is 13.3. The van der Waals surface area contributed by atoms with Crippen LogP contribution in [0.3, 0.4) is 0 Å². The van der Waals surface area contributed by atoms with E-state index in [0.29, 0.717) is 5.56 Å². The van der Waals surface area contributed by atoms with Crippen LogP contribution >= 0.6 is 11.6 Å². The van der Waals surface area contributed by atoms with Crippen molar-refractivity contribution in [3.8, 4) is 11.5 Å². The van der Waals surface area contributed by atoms with Crippen molar-refractivity contribution in [3.63, 3.8) is 0 Å². The molecule has 2 rings (SSSR count). The summed E-state index contributed by atoms with van der Waals surface area (Å²) in [6.45, 7) is 1.75. The van der Waals surface area contributed by atoms with Gasteiger partial charge in [-0.15, -0.1) is 0 Å². The molecule has 0 radical (unpaired) electrons. The fourth-order valence-electron chi connectivity index (χ4n) is 1.43. The molecule has 0 unspecified atom stereocenters. The topological polar surface area (TPSA) is 35.2 Å². The standard InChI is InChI=1S/C13H10ClF2NO/c1-7-2-3-8(15)4-12(7)18-13-6-10(16)9(14)5-11(13)17/h2-6H,17H2,1H3. The molecule has 0 amide bonds. The third-order valence-electron chi connectivity index (χ3n) is 2.42. The average molecular weight is 270 g/mol. The first-order valence-electron chi connectivity index (χ1n) is 5.16. The highest BCUT2D eigenvalue weighted by Gasteiger charge is 2.10. The molecule has 0 fully saturated rings. The number of rotatable bonds is 2. The van der Waals surface area contributed by atoms with Gasteiger partial charge in [0.05, 0.1) is 10.7 Å². The number of nitrogen functional groups attached to an aromatic ring is 1. The molecule has 0 saturated carbocycles. The lowest BCUT2D eigenvalue weighted by Gasteiger charge is -2.11.